The van der Waals surface area contributed by atoms with Crippen LogP contribution in [0.4, 0.5) is 15.8 Å². The number of carbonyl (C=O) groups is 1. The van der Waals surface area contributed by atoms with E-state index in [9.17, 15) is 9.18 Å². The van der Waals surface area contributed by atoms with Crippen molar-refractivity contribution in [3.8, 4) is 0 Å². The molecule has 7 heteroatoms. The Balaban J connectivity index is 2.25. The summed E-state index contributed by atoms with van der Waals surface area (Å²) in [5, 5.41) is 2.68. The number of benzene rings is 1. The molecule has 0 saturated carbocycles. The fourth-order valence-corrected chi connectivity index (χ4v) is 1.81. The van der Waals surface area contributed by atoms with Crippen LogP contribution < -0.4 is 11.1 Å². The van der Waals surface area contributed by atoms with Gasteiger partial charge in [0.25, 0.3) is 5.91 Å². The Morgan fingerprint density at radius 3 is 2.84 bits per heavy atom. The normalized spacial score (nSPS) is 10.3. The summed E-state index contributed by atoms with van der Waals surface area (Å²) in [5.74, 6) is -0.956. The summed E-state index contributed by atoms with van der Waals surface area (Å²) < 4.78 is 13.6. The number of halogens is 3. The Labute approximate surface area is 121 Å². The predicted octanol–water partition coefficient (Wildman–Crippen LogP) is 3.47. The predicted molar refractivity (Wildman–Crippen MR) is 75.7 cm³/mol. The van der Waals surface area contributed by atoms with Crippen molar-refractivity contribution in [3.63, 3.8) is 0 Å². The van der Waals surface area contributed by atoms with Crippen LogP contribution in [0.2, 0.25) is 5.15 Å². The van der Waals surface area contributed by atoms with Gasteiger partial charge in [-0.1, -0.05) is 11.6 Å². The number of nitrogens with zero attached hydrogens (tertiary/aromatic N) is 1. The average Bonchev–Trinajstić information content (AvgIpc) is 2.36. The average molecular weight is 345 g/mol. The van der Waals surface area contributed by atoms with E-state index < -0.39 is 11.7 Å². The third-order valence-electron chi connectivity index (χ3n) is 2.32. The van der Waals surface area contributed by atoms with E-state index in [2.05, 4.69) is 26.2 Å². The minimum atomic E-state index is -0.483. The van der Waals surface area contributed by atoms with Crippen LogP contribution in [0, 0.1) is 5.82 Å². The first-order chi connectivity index (χ1) is 8.97. The second-order valence-electron chi connectivity index (χ2n) is 3.68. The van der Waals surface area contributed by atoms with Gasteiger partial charge in [-0.25, -0.2) is 9.37 Å². The van der Waals surface area contributed by atoms with E-state index in [1.807, 2.05) is 0 Å². The molecule has 0 bridgehead atoms. The zero-order valence-electron chi connectivity index (χ0n) is 9.45. The number of anilines is 2. The van der Waals surface area contributed by atoms with E-state index in [4.69, 9.17) is 17.3 Å². The van der Waals surface area contributed by atoms with Gasteiger partial charge in [0.05, 0.1) is 21.9 Å². The highest BCUT2D eigenvalue weighted by Gasteiger charge is 2.12. The van der Waals surface area contributed by atoms with Crippen molar-refractivity contribution in [1.82, 2.24) is 4.98 Å². The van der Waals surface area contributed by atoms with Crippen LogP contribution >= 0.6 is 27.5 Å². The maximum absolute atomic E-state index is 13.3. The van der Waals surface area contributed by atoms with E-state index in [-0.39, 0.29) is 16.4 Å². The molecule has 0 aliphatic rings. The largest absolute Gasteiger partial charge is 0.397 e. The highest BCUT2D eigenvalue weighted by atomic mass is 79.9. The summed E-state index contributed by atoms with van der Waals surface area (Å²) in [6.07, 6.45) is 1.29. The number of nitrogen functional groups attached to an aromatic ring is 1. The van der Waals surface area contributed by atoms with E-state index in [0.717, 1.165) is 0 Å². The first kappa shape index (κ1) is 13.8. The number of rotatable bonds is 2. The Bertz CT molecular complexity index is 651. The monoisotopic (exact) mass is 343 g/mol. The molecule has 1 heterocycles. The van der Waals surface area contributed by atoms with Gasteiger partial charge in [0.2, 0.25) is 0 Å². The summed E-state index contributed by atoms with van der Waals surface area (Å²) in [6.45, 7) is 0. The molecule has 19 heavy (non-hydrogen) atoms. The minimum Gasteiger partial charge on any atom is -0.397 e. The van der Waals surface area contributed by atoms with Crippen LogP contribution in [-0.2, 0) is 0 Å². The summed E-state index contributed by atoms with van der Waals surface area (Å²) in [4.78, 5) is 15.7. The molecule has 0 spiro atoms. The lowest BCUT2D eigenvalue weighted by Crippen LogP contribution is -2.14. The first-order valence-electron chi connectivity index (χ1n) is 5.15. The van der Waals surface area contributed by atoms with Gasteiger partial charge in [-0.3, -0.25) is 4.79 Å². The molecular weight excluding hydrogens is 337 g/mol. The highest BCUT2D eigenvalue weighted by Crippen LogP contribution is 2.21. The highest BCUT2D eigenvalue weighted by molar-refractivity contribution is 9.10. The van der Waals surface area contributed by atoms with Crippen molar-refractivity contribution >= 4 is 44.8 Å². The smallest absolute Gasteiger partial charge is 0.257 e. The molecule has 2 aromatic rings. The van der Waals surface area contributed by atoms with Gasteiger partial charge in [0.15, 0.2) is 0 Å². The fourth-order valence-electron chi connectivity index (χ4n) is 1.41. The lowest BCUT2D eigenvalue weighted by Gasteiger charge is -2.08. The Morgan fingerprint density at radius 2 is 2.16 bits per heavy atom. The van der Waals surface area contributed by atoms with Gasteiger partial charge in [-0.05, 0) is 40.2 Å². The second-order valence-corrected chi connectivity index (χ2v) is 4.92. The molecule has 0 unspecified atom stereocenters. The van der Waals surface area contributed by atoms with Crippen LogP contribution in [0.3, 0.4) is 0 Å². The molecular formula is C12H8BrClFN3O. The molecule has 2 rings (SSSR count). The standard InChI is InChI=1S/C12H8BrClFN3O/c13-8-2-1-6(3-9(8)15)18-12(19)7-4-11(14)17-5-10(7)16/h1-5H,16H2,(H,18,19). The van der Waals surface area contributed by atoms with Crippen molar-refractivity contribution in [1.29, 1.82) is 0 Å². The van der Waals surface area contributed by atoms with E-state index in [1.54, 1.807) is 6.07 Å². The van der Waals surface area contributed by atoms with Crippen LogP contribution in [-0.4, -0.2) is 10.9 Å². The molecule has 1 aromatic carbocycles. The maximum Gasteiger partial charge on any atom is 0.257 e. The number of aromatic nitrogens is 1. The van der Waals surface area contributed by atoms with Crippen LogP contribution in [0.5, 0.6) is 0 Å². The topological polar surface area (TPSA) is 68.0 Å². The number of hydrogen-bond acceptors (Lipinski definition) is 3. The fraction of sp³-hybridized carbons (Fsp3) is 0. The molecule has 3 N–H and O–H groups in total. The summed E-state index contributed by atoms with van der Waals surface area (Å²) >= 11 is 8.73. The third kappa shape index (κ3) is 3.21. The molecule has 98 valence electrons. The Kier molecular flexibility index (Phi) is 4.01. The molecule has 0 aliphatic carbocycles. The van der Waals surface area contributed by atoms with Crippen LogP contribution in [0.25, 0.3) is 0 Å². The van der Waals surface area contributed by atoms with Gasteiger partial charge in [0.1, 0.15) is 11.0 Å². The van der Waals surface area contributed by atoms with Crippen molar-refractivity contribution in [2.45, 2.75) is 0 Å². The Morgan fingerprint density at radius 1 is 1.42 bits per heavy atom. The number of nitrogens with one attached hydrogen (secondary N) is 1. The van der Waals surface area contributed by atoms with Gasteiger partial charge in [0, 0.05) is 5.69 Å². The molecule has 1 amide bonds. The van der Waals surface area contributed by atoms with Gasteiger partial charge in [-0.15, -0.1) is 0 Å². The van der Waals surface area contributed by atoms with Crippen molar-refractivity contribution in [2.24, 2.45) is 0 Å². The zero-order chi connectivity index (χ0) is 14.0. The molecule has 1 aromatic heterocycles. The van der Waals surface area contributed by atoms with Gasteiger partial charge >= 0.3 is 0 Å². The SMILES string of the molecule is Nc1cnc(Cl)cc1C(=O)Nc1ccc(Br)c(F)c1. The summed E-state index contributed by atoms with van der Waals surface area (Å²) in [7, 11) is 0. The van der Waals surface area contributed by atoms with Gasteiger partial charge in [-0.2, -0.15) is 0 Å². The third-order valence-corrected chi connectivity index (χ3v) is 3.17. The van der Waals surface area contributed by atoms with Crippen LogP contribution in [0.15, 0.2) is 34.9 Å². The maximum atomic E-state index is 13.3. The number of amides is 1. The van der Waals surface area contributed by atoms with E-state index in [1.165, 1.54) is 24.4 Å². The number of nitrogens with two attached hydrogens (primary N) is 1. The number of hydrogen-bond donors (Lipinski definition) is 2. The Hall–Kier alpha value is -1.66. The molecule has 4 nitrogen and oxygen atoms in total. The van der Waals surface area contributed by atoms with E-state index in [0.29, 0.717) is 10.2 Å². The summed E-state index contributed by atoms with van der Waals surface area (Å²) in [5.41, 5.74) is 6.33. The van der Waals surface area contributed by atoms with Crippen molar-refractivity contribution in [2.75, 3.05) is 11.1 Å². The zero-order valence-corrected chi connectivity index (χ0v) is 11.8. The van der Waals surface area contributed by atoms with E-state index >= 15 is 0 Å². The molecule has 0 saturated heterocycles. The lowest BCUT2D eigenvalue weighted by molar-refractivity contribution is 0.102. The first-order valence-corrected chi connectivity index (χ1v) is 6.32. The summed E-state index contributed by atoms with van der Waals surface area (Å²) in [6, 6.07) is 5.60. The quantitative estimate of drug-likeness (QED) is 0.820. The van der Waals surface area contributed by atoms with Crippen molar-refractivity contribution < 1.29 is 9.18 Å². The van der Waals surface area contributed by atoms with Crippen LogP contribution in [0.1, 0.15) is 10.4 Å². The molecule has 0 radical (unpaired) electrons. The molecule has 0 aliphatic heterocycles. The number of carbonyl (C=O) groups excluding carboxylic acids is 1. The molecule has 0 fully saturated rings. The molecule has 0 atom stereocenters. The number of pyridine rings is 1. The second kappa shape index (κ2) is 5.54. The lowest BCUT2D eigenvalue weighted by atomic mass is 10.2. The van der Waals surface area contributed by atoms with Gasteiger partial charge < -0.3 is 11.1 Å². The van der Waals surface area contributed by atoms with Crippen molar-refractivity contribution in [3.05, 3.63) is 51.5 Å². The minimum absolute atomic E-state index is 0.154.